The number of nitrogens with zero attached hydrogens (tertiary/aromatic N) is 4. The zero-order valence-corrected chi connectivity index (χ0v) is 13.9. The van der Waals surface area contributed by atoms with E-state index in [0.717, 1.165) is 11.4 Å². The first kappa shape index (κ1) is 16.4. The molecular formula is C16H21N5O3. The van der Waals surface area contributed by atoms with Crippen LogP contribution in [0.2, 0.25) is 0 Å². The number of H-pyrrole nitrogens is 1. The molecule has 1 amide bonds. The van der Waals surface area contributed by atoms with Crippen molar-refractivity contribution in [2.24, 2.45) is 7.05 Å². The molecular weight excluding hydrogens is 310 g/mol. The van der Waals surface area contributed by atoms with Crippen molar-refractivity contribution < 1.29 is 9.53 Å². The normalized spacial score (nSPS) is 17.9. The topological polar surface area (TPSA) is 93.1 Å². The summed E-state index contributed by atoms with van der Waals surface area (Å²) in [6.45, 7) is 3.46. The molecule has 1 aliphatic rings. The number of aromatic amines is 1. The number of aromatic nitrogens is 4. The first-order chi connectivity index (χ1) is 11.5. The van der Waals surface area contributed by atoms with Gasteiger partial charge in [0.05, 0.1) is 30.3 Å². The van der Waals surface area contributed by atoms with Crippen LogP contribution in [0.3, 0.4) is 0 Å². The molecule has 1 N–H and O–H groups in total. The van der Waals surface area contributed by atoms with E-state index in [1.54, 1.807) is 17.9 Å². The second kappa shape index (κ2) is 6.96. The molecule has 2 aromatic rings. The van der Waals surface area contributed by atoms with Crippen LogP contribution < -0.4 is 5.56 Å². The molecule has 1 saturated heterocycles. The van der Waals surface area contributed by atoms with Gasteiger partial charge >= 0.3 is 0 Å². The molecule has 128 valence electrons. The van der Waals surface area contributed by atoms with E-state index in [2.05, 4.69) is 15.1 Å². The van der Waals surface area contributed by atoms with Gasteiger partial charge in [0.25, 0.3) is 11.5 Å². The van der Waals surface area contributed by atoms with Crippen molar-refractivity contribution in [3.8, 4) is 0 Å². The molecule has 0 saturated carbocycles. The van der Waals surface area contributed by atoms with Crippen LogP contribution >= 0.6 is 0 Å². The molecule has 3 rings (SSSR count). The lowest BCUT2D eigenvalue weighted by Crippen LogP contribution is -2.45. The Morgan fingerprint density at radius 2 is 2.33 bits per heavy atom. The first-order valence-corrected chi connectivity index (χ1v) is 7.97. The summed E-state index contributed by atoms with van der Waals surface area (Å²) in [4.78, 5) is 32.4. The highest BCUT2D eigenvalue weighted by molar-refractivity contribution is 5.95. The molecule has 1 aliphatic heterocycles. The van der Waals surface area contributed by atoms with Gasteiger partial charge in [-0.25, -0.2) is 4.98 Å². The molecule has 0 bridgehead atoms. The predicted octanol–water partition coefficient (Wildman–Crippen LogP) is 0.286. The summed E-state index contributed by atoms with van der Waals surface area (Å²) in [6, 6.07) is 1.49. The third kappa shape index (κ3) is 3.70. The van der Waals surface area contributed by atoms with E-state index < -0.39 is 0 Å². The van der Waals surface area contributed by atoms with Crippen LogP contribution in [0.1, 0.15) is 28.2 Å². The zero-order valence-electron chi connectivity index (χ0n) is 13.9. The highest BCUT2D eigenvalue weighted by atomic mass is 16.5. The SMILES string of the molecule is Cc1nn(C)cc1C(=O)N1CCO[C@@H](CCc2cc(=O)[nH]cn2)C1. The molecule has 1 atom stereocenters. The van der Waals surface area contributed by atoms with Crippen LogP contribution in [0.4, 0.5) is 0 Å². The number of ether oxygens (including phenoxy) is 1. The van der Waals surface area contributed by atoms with Crippen molar-refractivity contribution in [1.82, 2.24) is 24.6 Å². The zero-order chi connectivity index (χ0) is 17.1. The Balaban J connectivity index is 1.61. The van der Waals surface area contributed by atoms with Crippen molar-refractivity contribution in [2.45, 2.75) is 25.9 Å². The lowest BCUT2D eigenvalue weighted by Gasteiger charge is -2.33. The van der Waals surface area contributed by atoms with Crippen LogP contribution in [-0.2, 0) is 18.2 Å². The summed E-state index contributed by atoms with van der Waals surface area (Å²) in [5.74, 6) is -0.0109. The van der Waals surface area contributed by atoms with Crippen molar-refractivity contribution in [3.05, 3.63) is 45.9 Å². The van der Waals surface area contributed by atoms with Gasteiger partial charge in [-0.2, -0.15) is 5.10 Å². The van der Waals surface area contributed by atoms with E-state index in [9.17, 15) is 9.59 Å². The monoisotopic (exact) mass is 331 g/mol. The van der Waals surface area contributed by atoms with E-state index in [4.69, 9.17) is 4.74 Å². The highest BCUT2D eigenvalue weighted by Crippen LogP contribution is 2.15. The molecule has 0 aromatic carbocycles. The summed E-state index contributed by atoms with van der Waals surface area (Å²) in [6.07, 6.45) is 4.46. The van der Waals surface area contributed by atoms with Crippen LogP contribution in [-0.4, -0.2) is 56.4 Å². The smallest absolute Gasteiger partial charge is 0.257 e. The molecule has 24 heavy (non-hydrogen) atoms. The molecule has 0 unspecified atom stereocenters. The van der Waals surface area contributed by atoms with Crippen molar-refractivity contribution in [2.75, 3.05) is 19.7 Å². The van der Waals surface area contributed by atoms with E-state index in [1.165, 1.54) is 12.4 Å². The molecule has 8 heteroatoms. The summed E-state index contributed by atoms with van der Waals surface area (Å²) < 4.78 is 7.41. The first-order valence-electron chi connectivity index (χ1n) is 7.97. The molecule has 0 spiro atoms. The van der Waals surface area contributed by atoms with Crippen LogP contribution in [0.25, 0.3) is 0 Å². The Labute approximate surface area is 139 Å². The van der Waals surface area contributed by atoms with Gasteiger partial charge in [0.1, 0.15) is 0 Å². The van der Waals surface area contributed by atoms with Gasteiger partial charge in [0.15, 0.2) is 0 Å². The number of nitrogens with one attached hydrogen (secondary N) is 1. The Bertz CT molecular complexity index is 782. The maximum absolute atomic E-state index is 12.7. The molecule has 2 aromatic heterocycles. The quantitative estimate of drug-likeness (QED) is 0.869. The second-order valence-corrected chi connectivity index (χ2v) is 5.99. The summed E-state index contributed by atoms with van der Waals surface area (Å²) in [5.41, 5.74) is 1.94. The molecule has 0 aliphatic carbocycles. The van der Waals surface area contributed by atoms with Crippen LogP contribution in [0, 0.1) is 6.92 Å². The number of carbonyl (C=O) groups excluding carboxylic acids is 1. The Kier molecular flexibility index (Phi) is 4.75. The molecule has 8 nitrogen and oxygen atoms in total. The number of rotatable bonds is 4. The lowest BCUT2D eigenvalue weighted by molar-refractivity contribution is -0.0247. The minimum atomic E-state index is -0.159. The van der Waals surface area contributed by atoms with Gasteiger partial charge in [0.2, 0.25) is 0 Å². The largest absolute Gasteiger partial charge is 0.375 e. The average Bonchev–Trinajstić information content (AvgIpc) is 2.91. The molecule has 1 fully saturated rings. The van der Waals surface area contributed by atoms with Gasteiger partial charge < -0.3 is 14.6 Å². The summed E-state index contributed by atoms with van der Waals surface area (Å²) in [5, 5.41) is 4.23. The van der Waals surface area contributed by atoms with Crippen LogP contribution in [0.5, 0.6) is 0 Å². The number of hydrogen-bond acceptors (Lipinski definition) is 5. The minimum absolute atomic E-state index is 0.0109. The fourth-order valence-corrected chi connectivity index (χ4v) is 2.91. The van der Waals surface area contributed by atoms with Crippen LogP contribution in [0.15, 0.2) is 23.4 Å². The number of aryl methyl sites for hydroxylation is 3. The molecule has 3 heterocycles. The van der Waals surface area contributed by atoms with E-state index in [-0.39, 0.29) is 17.6 Å². The predicted molar refractivity (Wildman–Crippen MR) is 86.8 cm³/mol. The fraction of sp³-hybridized carbons (Fsp3) is 0.500. The van der Waals surface area contributed by atoms with Crippen molar-refractivity contribution >= 4 is 5.91 Å². The maximum Gasteiger partial charge on any atom is 0.257 e. The fourth-order valence-electron chi connectivity index (χ4n) is 2.91. The van der Waals surface area contributed by atoms with E-state index >= 15 is 0 Å². The number of amides is 1. The second-order valence-electron chi connectivity index (χ2n) is 5.99. The molecule has 0 radical (unpaired) electrons. The van der Waals surface area contributed by atoms with Crippen molar-refractivity contribution in [1.29, 1.82) is 0 Å². The number of hydrogen-bond donors (Lipinski definition) is 1. The Morgan fingerprint density at radius 3 is 3.04 bits per heavy atom. The maximum atomic E-state index is 12.7. The third-order valence-electron chi connectivity index (χ3n) is 4.13. The highest BCUT2D eigenvalue weighted by Gasteiger charge is 2.26. The average molecular weight is 331 g/mol. The number of carbonyl (C=O) groups is 1. The summed E-state index contributed by atoms with van der Waals surface area (Å²) >= 11 is 0. The third-order valence-corrected chi connectivity index (χ3v) is 4.13. The van der Waals surface area contributed by atoms with E-state index in [0.29, 0.717) is 38.1 Å². The standard InChI is InChI=1S/C16H21N5O3/c1-11-14(9-20(2)19-11)16(23)21-5-6-24-13(8-21)4-3-12-7-15(22)18-10-17-12/h7,9-10,13H,3-6,8H2,1-2H3,(H,17,18,22)/t13-/m0/s1. The Hall–Kier alpha value is -2.48. The van der Waals surface area contributed by atoms with Crippen molar-refractivity contribution in [3.63, 3.8) is 0 Å². The minimum Gasteiger partial charge on any atom is -0.375 e. The van der Waals surface area contributed by atoms with Gasteiger partial charge in [0, 0.05) is 38.1 Å². The van der Waals surface area contributed by atoms with Gasteiger partial charge in [-0.15, -0.1) is 0 Å². The Morgan fingerprint density at radius 1 is 1.50 bits per heavy atom. The van der Waals surface area contributed by atoms with E-state index in [1.807, 2.05) is 11.8 Å². The van der Waals surface area contributed by atoms with Gasteiger partial charge in [-0.3, -0.25) is 14.3 Å². The van der Waals surface area contributed by atoms with Gasteiger partial charge in [-0.05, 0) is 19.8 Å². The number of morpholine rings is 1. The summed E-state index contributed by atoms with van der Waals surface area (Å²) in [7, 11) is 1.81. The van der Waals surface area contributed by atoms with Gasteiger partial charge in [-0.1, -0.05) is 0 Å². The lowest BCUT2D eigenvalue weighted by atomic mass is 10.1.